The van der Waals surface area contributed by atoms with E-state index in [1.165, 1.54) is 0 Å². The van der Waals surface area contributed by atoms with Crippen LogP contribution in [0.5, 0.6) is 0 Å². The molecular formula is C22H16ClN3O2S. The summed E-state index contributed by atoms with van der Waals surface area (Å²) in [6.45, 7) is 0.468. The Morgan fingerprint density at radius 1 is 1.00 bits per heavy atom. The van der Waals surface area contributed by atoms with Crippen LogP contribution in [0.15, 0.2) is 77.2 Å². The van der Waals surface area contributed by atoms with Gasteiger partial charge >= 0.3 is 0 Å². The maximum Gasteiger partial charge on any atom is 0.258 e. The fourth-order valence-electron chi connectivity index (χ4n) is 2.80. The number of nitrogens with zero attached hydrogens (tertiary/aromatic N) is 1. The third-order valence-electron chi connectivity index (χ3n) is 4.29. The van der Waals surface area contributed by atoms with Gasteiger partial charge in [0, 0.05) is 12.1 Å². The van der Waals surface area contributed by atoms with E-state index in [-0.39, 0.29) is 11.0 Å². The van der Waals surface area contributed by atoms with E-state index in [1.54, 1.807) is 24.3 Å². The molecule has 0 saturated heterocycles. The Balaban J connectivity index is 1.36. The summed E-state index contributed by atoms with van der Waals surface area (Å²) in [5.74, 6) is 0.229. The number of carbonyl (C=O) groups excluding carboxylic acids is 1. The van der Waals surface area contributed by atoms with Gasteiger partial charge in [-0.1, -0.05) is 48.0 Å². The standard InChI is InChI=1S/C22H16ClN3O2S/c23-17-6-2-1-5-16(17)20(27)26-22(29)24-13-14-9-11-15(12-10-14)21-25-18-7-3-4-8-19(18)28-21/h1-12H,13H2,(H2,24,26,27,29). The SMILES string of the molecule is O=C(NC(=S)NCc1ccc(-c2nc3ccccc3o2)cc1)c1ccccc1Cl. The van der Waals surface area contributed by atoms with Crippen LogP contribution in [0.2, 0.25) is 5.02 Å². The zero-order valence-electron chi connectivity index (χ0n) is 15.2. The molecule has 29 heavy (non-hydrogen) atoms. The van der Waals surface area contributed by atoms with Gasteiger partial charge in [-0.3, -0.25) is 10.1 Å². The minimum Gasteiger partial charge on any atom is -0.436 e. The fraction of sp³-hybridized carbons (Fsp3) is 0.0455. The molecule has 4 aromatic rings. The van der Waals surface area contributed by atoms with Crippen LogP contribution in [0.4, 0.5) is 0 Å². The van der Waals surface area contributed by atoms with Gasteiger partial charge in [0.2, 0.25) is 5.89 Å². The second-order valence-electron chi connectivity index (χ2n) is 6.30. The van der Waals surface area contributed by atoms with Crippen molar-refractivity contribution in [3.8, 4) is 11.5 Å². The van der Waals surface area contributed by atoms with Crippen LogP contribution in [0.3, 0.4) is 0 Å². The number of oxazole rings is 1. The maximum absolute atomic E-state index is 12.2. The maximum atomic E-state index is 12.2. The van der Waals surface area contributed by atoms with E-state index in [4.69, 9.17) is 28.2 Å². The van der Waals surface area contributed by atoms with Crippen molar-refractivity contribution in [1.82, 2.24) is 15.6 Å². The van der Waals surface area contributed by atoms with Gasteiger partial charge in [0.25, 0.3) is 5.91 Å². The van der Waals surface area contributed by atoms with Crippen molar-refractivity contribution in [3.63, 3.8) is 0 Å². The Kier molecular flexibility index (Phi) is 5.55. The zero-order chi connectivity index (χ0) is 20.2. The van der Waals surface area contributed by atoms with Gasteiger partial charge in [0.1, 0.15) is 5.52 Å². The zero-order valence-corrected chi connectivity index (χ0v) is 16.8. The first-order valence-electron chi connectivity index (χ1n) is 8.89. The van der Waals surface area contributed by atoms with Crippen molar-refractivity contribution < 1.29 is 9.21 Å². The Hall–Kier alpha value is -3.22. The van der Waals surface area contributed by atoms with Gasteiger partial charge in [-0.2, -0.15) is 0 Å². The van der Waals surface area contributed by atoms with E-state index < -0.39 is 0 Å². The summed E-state index contributed by atoms with van der Waals surface area (Å²) in [5.41, 5.74) is 3.85. The van der Waals surface area contributed by atoms with Gasteiger partial charge in [-0.05, 0) is 54.2 Å². The molecule has 1 amide bonds. The highest BCUT2D eigenvalue weighted by molar-refractivity contribution is 7.80. The number of hydrogen-bond acceptors (Lipinski definition) is 4. The first kappa shape index (κ1) is 19.1. The summed E-state index contributed by atoms with van der Waals surface area (Å²) in [7, 11) is 0. The van der Waals surface area contributed by atoms with Crippen LogP contribution in [-0.4, -0.2) is 16.0 Å². The van der Waals surface area contributed by atoms with E-state index in [1.807, 2.05) is 48.5 Å². The topological polar surface area (TPSA) is 67.2 Å². The molecule has 144 valence electrons. The molecular weight excluding hydrogens is 406 g/mol. The second kappa shape index (κ2) is 8.43. The summed E-state index contributed by atoms with van der Waals surface area (Å²) in [4.78, 5) is 16.7. The van der Waals surface area contributed by atoms with Crippen molar-refractivity contribution in [3.05, 3.63) is 88.9 Å². The van der Waals surface area contributed by atoms with Crippen LogP contribution >= 0.6 is 23.8 Å². The lowest BCUT2D eigenvalue weighted by Crippen LogP contribution is -2.38. The Labute approximate surface area is 177 Å². The molecule has 5 nitrogen and oxygen atoms in total. The second-order valence-corrected chi connectivity index (χ2v) is 7.12. The van der Waals surface area contributed by atoms with Crippen molar-refractivity contribution in [2.75, 3.05) is 0 Å². The average molecular weight is 422 g/mol. The molecule has 0 bridgehead atoms. The molecule has 2 N–H and O–H groups in total. The first-order chi connectivity index (χ1) is 14.1. The number of nitrogens with one attached hydrogen (secondary N) is 2. The quantitative estimate of drug-likeness (QED) is 0.456. The molecule has 3 aromatic carbocycles. The van der Waals surface area contributed by atoms with Crippen molar-refractivity contribution >= 4 is 45.9 Å². The van der Waals surface area contributed by atoms with Gasteiger partial charge < -0.3 is 9.73 Å². The molecule has 0 saturated carbocycles. The van der Waals surface area contributed by atoms with Crippen molar-refractivity contribution in [2.45, 2.75) is 6.54 Å². The Bertz CT molecular complexity index is 1160. The molecule has 0 fully saturated rings. The molecule has 0 aliphatic rings. The minimum absolute atomic E-state index is 0.234. The molecule has 1 heterocycles. The lowest BCUT2D eigenvalue weighted by atomic mass is 10.1. The molecule has 4 rings (SSSR count). The monoisotopic (exact) mass is 421 g/mol. The van der Waals surface area contributed by atoms with Crippen LogP contribution in [0.1, 0.15) is 15.9 Å². The number of benzene rings is 3. The molecule has 0 aliphatic carbocycles. The summed E-state index contributed by atoms with van der Waals surface area (Å²) >= 11 is 11.2. The van der Waals surface area contributed by atoms with Crippen LogP contribution in [-0.2, 0) is 6.54 Å². The van der Waals surface area contributed by atoms with E-state index in [0.29, 0.717) is 23.0 Å². The summed E-state index contributed by atoms with van der Waals surface area (Å²) < 4.78 is 5.78. The van der Waals surface area contributed by atoms with Gasteiger partial charge in [-0.25, -0.2) is 4.98 Å². The predicted molar refractivity (Wildman–Crippen MR) is 118 cm³/mol. The highest BCUT2D eigenvalue weighted by atomic mass is 35.5. The molecule has 0 atom stereocenters. The molecule has 7 heteroatoms. The third kappa shape index (κ3) is 4.45. The number of para-hydroxylation sites is 2. The Morgan fingerprint density at radius 3 is 2.48 bits per heavy atom. The summed E-state index contributed by atoms with van der Waals surface area (Å²) in [5, 5.41) is 6.26. The number of aromatic nitrogens is 1. The van der Waals surface area contributed by atoms with Crippen LogP contribution in [0, 0.1) is 0 Å². The smallest absolute Gasteiger partial charge is 0.258 e. The van der Waals surface area contributed by atoms with E-state index in [2.05, 4.69) is 15.6 Å². The number of hydrogen-bond donors (Lipinski definition) is 2. The summed E-state index contributed by atoms with van der Waals surface area (Å²) in [6.07, 6.45) is 0. The molecule has 0 spiro atoms. The molecule has 0 radical (unpaired) electrons. The number of carbonyl (C=O) groups is 1. The van der Waals surface area contributed by atoms with E-state index in [9.17, 15) is 4.79 Å². The van der Waals surface area contributed by atoms with E-state index in [0.717, 1.165) is 22.2 Å². The number of fused-ring (bicyclic) bond motifs is 1. The normalized spacial score (nSPS) is 10.7. The number of amides is 1. The van der Waals surface area contributed by atoms with E-state index >= 15 is 0 Å². The largest absolute Gasteiger partial charge is 0.436 e. The predicted octanol–water partition coefficient (Wildman–Crippen LogP) is 4.95. The minimum atomic E-state index is -0.348. The number of rotatable bonds is 4. The van der Waals surface area contributed by atoms with Crippen molar-refractivity contribution in [1.29, 1.82) is 0 Å². The van der Waals surface area contributed by atoms with Gasteiger partial charge in [-0.15, -0.1) is 0 Å². The fourth-order valence-corrected chi connectivity index (χ4v) is 3.19. The summed E-state index contributed by atoms with van der Waals surface area (Å²) in [6, 6.07) is 22.2. The van der Waals surface area contributed by atoms with Gasteiger partial charge in [0.05, 0.1) is 10.6 Å². The van der Waals surface area contributed by atoms with Crippen LogP contribution < -0.4 is 10.6 Å². The Morgan fingerprint density at radius 2 is 1.72 bits per heavy atom. The molecule has 1 aromatic heterocycles. The van der Waals surface area contributed by atoms with Gasteiger partial charge in [0.15, 0.2) is 10.7 Å². The lowest BCUT2D eigenvalue weighted by molar-refractivity contribution is 0.0977. The first-order valence-corrected chi connectivity index (χ1v) is 9.67. The molecule has 0 unspecified atom stereocenters. The number of halogens is 1. The molecule has 0 aliphatic heterocycles. The average Bonchev–Trinajstić information content (AvgIpc) is 3.17. The highest BCUT2D eigenvalue weighted by Gasteiger charge is 2.11. The number of thiocarbonyl (C=S) groups is 1. The van der Waals surface area contributed by atoms with Crippen molar-refractivity contribution in [2.24, 2.45) is 0 Å². The highest BCUT2D eigenvalue weighted by Crippen LogP contribution is 2.24. The third-order valence-corrected chi connectivity index (χ3v) is 4.87. The lowest BCUT2D eigenvalue weighted by Gasteiger charge is -2.10. The van der Waals surface area contributed by atoms with Crippen LogP contribution in [0.25, 0.3) is 22.6 Å².